The molecule has 0 bridgehead atoms. The van der Waals surface area contributed by atoms with Crippen molar-refractivity contribution in [2.24, 2.45) is 0 Å². The number of benzene rings is 2. The van der Waals surface area contributed by atoms with Crippen molar-refractivity contribution in [2.75, 3.05) is 19.9 Å². The van der Waals surface area contributed by atoms with E-state index in [4.69, 9.17) is 4.74 Å². The van der Waals surface area contributed by atoms with Gasteiger partial charge in [-0.05, 0) is 42.5 Å². The number of carbonyl (C=O) groups is 1. The summed E-state index contributed by atoms with van der Waals surface area (Å²) in [6.07, 6.45) is 2.22. The number of nitrogens with one attached hydrogen (secondary N) is 1. The van der Waals surface area contributed by atoms with Crippen LogP contribution in [0.25, 0.3) is 0 Å². The van der Waals surface area contributed by atoms with Gasteiger partial charge in [-0.1, -0.05) is 12.1 Å². The Morgan fingerprint density at radius 1 is 1.22 bits per heavy atom. The standard InChI is InChI=1S/C17H17F2NO2S/c1-22-14-7-6-11(10-13(14)19)8-9-20-17(21)16-12(18)4-3-5-15(16)23-2/h3-7,10H,8-9H2,1-2H3,(H,20,21). The Labute approximate surface area is 138 Å². The first kappa shape index (κ1) is 17.3. The summed E-state index contributed by atoms with van der Waals surface area (Å²) in [5.74, 6) is -1.30. The number of amides is 1. The molecule has 6 heteroatoms. The molecule has 0 aromatic heterocycles. The average molecular weight is 337 g/mol. The molecule has 1 amide bonds. The highest BCUT2D eigenvalue weighted by molar-refractivity contribution is 7.98. The number of rotatable bonds is 6. The van der Waals surface area contributed by atoms with Crippen LogP contribution in [0.5, 0.6) is 5.75 Å². The number of thioether (sulfide) groups is 1. The molecular weight excluding hydrogens is 320 g/mol. The molecule has 23 heavy (non-hydrogen) atoms. The van der Waals surface area contributed by atoms with E-state index in [2.05, 4.69) is 5.32 Å². The molecule has 0 spiro atoms. The SMILES string of the molecule is COc1ccc(CCNC(=O)c2c(F)cccc2SC)cc1F. The second-order valence-corrected chi connectivity index (χ2v) is 5.64. The van der Waals surface area contributed by atoms with E-state index >= 15 is 0 Å². The largest absolute Gasteiger partial charge is 0.494 e. The van der Waals surface area contributed by atoms with E-state index in [-0.39, 0.29) is 17.9 Å². The normalized spacial score (nSPS) is 10.4. The number of carbonyl (C=O) groups excluding carboxylic acids is 1. The lowest BCUT2D eigenvalue weighted by Gasteiger charge is -2.10. The maximum Gasteiger partial charge on any atom is 0.255 e. The van der Waals surface area contributed by atoms with E-state index < -0.39 is 17.5 Å². The third-order valence-corrected chi connectivity index (χ3v) is 4.12. The molecule has 0 aliphatic heterocycles. The summed E-state index contributed by atoms with van der Waals surface area (Å²) < 4.78 is 32.3. The van der Waals surface area contributed by atoms with Crippen LogP contribution in [0.2, 0.25) is 0 Å². The van der Waals surface area contributed by atoms with Crippen molar-refractivity contribution in [3.05, 3.63) is 59.2 Å². The van der Waals surface area contributed by atoms with E-state index in [1.807, 2.05) is 0 Å². The molecule has 0 unspecified atom stereocenters. The summed E-state index contributed by atoms with van der Waals surface area (Å²) in [4.78, 5) is 12.7. The monoisotopic (exact) mass is 337 g/mol. The Balaban J connectivity index is 1.99. The highest BCUT2D eigenvalue weighted by Crippen LogP contribution is 2.22. The van der Waals surface area contributed by atoms with Gasteiger partial charge in [0.05, 0.1) is 12.7 Å². The minimum atomic E-state index is -0.551. The van der Waals surface area contributed by atoms with Gasteiger partial charge in [-0.2, -0.15) is 0 Å². The first-order valence-electron chi connectivity index (χ1n) is 7.00. The zero-order valence-corrected chi connectivity index (χ0v) is 13.7. The van der Waals surface area contributed by atoms with Gasteiger partial charge in [0.2, 0.25) is 0 Å². The summed E-state index contributed by atoms with van der Waals surface area (Å²) in [6.45, 7) is 0.284. The predicted octanol–water partition coefficient (Wildman–Crippen LogP) is 3.67. The number of hydrogen-bond acceptors (Lipinski definition) is 3. The smallest absolute Gasteiger partial charge is 0.255 e. The molecule has 0 fully saturated rings. The Morgan fingerprint density at radius 3 is 2.65 bits per heavy atom. The van der Waals surface area contributed by atoms with Gasteiger partial charge in [0, 0.05) is 11.4 Å². The zero-order valence-electron chi connectivity index (χ0n) is 12.9. The second kappa shape index (κ2) is 7.97. The lowest BCUT2D eigenvalue weighted by atomic mass is 10.1. The zero-order chi connectivity index (χ0) is 16.8. The van der Waals surface area contributed by atoms with Crippen molar-refractivity contribution in [3.8, 4) is 5.75 Å². The molecule has 0 atom stereocenters. The third-order valence-electron chi connectivity index (χ3n) is 3.34. The quantitative estimate of drug-likeness (QED) is 0.818. The van der Waals surface area contributed by atoms with Gasteiger partial charge in [-0.3, -0.25) is 4.79 Å². The molecule has 1 N–H and O–H groups in total. The summed E-state index contributed by atoms with van der Waals surface area (Å²) in [6, 6.07) is 9.15. The number of hydrogen-bond donors (Lipinski definition) is 1. The minimum absolute atomic E-state index is 0.0425. The van der Waals surface area contributed by atoms with Crippen molar-refractivity contribution < 1.29 is 18.3 Å². The summed E-state index contributed by atoms with van der Waals surface area (Å²) >= 11 is 1.31. The molecule has 0 radical (unpaired) electrons. The maximum atomic E-state index is 13.8. The van der Waals surface area contributed by atoms with Crippen molar-refractivity contribution >= 4 is 17.7 Å². The van der Waals surface area contributed by atoms with E-state index in [1.165, 1.54) is 37.1 Å². The fraction of sp³-hybridized carbons (Fsp3) is 0.235. The highest BCUT2D eigenvalue weighted by atomic mass is 32.2. The van der Waals surface area contributed by atoms with Gasteiger partial charge in [0.15, 0.2) is 11.6 Å². The van der Waals surface area contributed by atoms with Gasteiger partial charge < -0.3 is 10.1 Å². The Kier molecular flexibility index (Phi) is 5.98. The molecular formula is C17H17F2NO2S. The lowest BCUT2D eigenvalue weighted by molar-refractivity contribution is 0.0947. The number of methoxy groups -OCH3 is 1. The lowest BCUT2D eigenvalue weighted by Crippen LogP contribution is -2.27. The van der Waals surface area contributed by atoms with Crippen LogP contribution >= 0.6 is 11.8 Å². The van der Waals surface area contributed by atoms with Crippen LogP contribution in [0, 0.1) is 11.6 Å². The summed E-state index contributed by atoms with van der Waals surface area (Å²) in [7, 11) is 1.40. The highest BCUT2D eigenvalue weighted by Gasteiger charge is 2.15. The fourth-order valence-corrected chi connectivity index (χ4v) is 2.78. The predicted molar refractivity (Wildman–Crippen MR) is 87.2 cm³/mol. The van der Waals surface area contributed by atoms with Crippen molar-refractivity contribution in [1.29, 1.82) is 0 Å². The number of ether oxygens (including phenoxy) is 1. The Hall–Kier alpha value is -2.08. The third kappa shape index (κ3) is 4.22. The number of halogens is 2. The molecule has 0 aliphatic carbocycles. The van der Waals surface area contributed by atoms with Gasteiger partial charge in [0.1, 0.15) is 5.82 Å². The summed E-state index contributed by atoms with van der Waals surface area (Å²) in [5, 5.41) is 2.67. The Bertz CT molecular complexity index is 707. The molecule has 0 saturated carbocycles. The van der Waals surface area contributed by atoms with E-state index in [1.54, 1.807) is 24.5 Å². The average Bonchev–Trinajstić information content (AvgIpc) is 2.54. The topological polar surface area (TPSA) is 38.3 Å². The van der Waals surface area contributed by atoms with Crippen LogP contribution in [0.15, 0.2) is 41.3 Å². The molecule has 0 heterocycles. The molecule has 2 rings (SSSR count). The van der Waals surface area contributed by atoms with Gasteiger partial charge in [0.25, 0.3) is 5.91 Å². The van der Waals surface area contributed by atoms with Gasteiger partial charge in [-0.25, -0.2) is 8.78 Å². The minimum Gasteiger partial charge on any atom is -0.494 e. The van der Waals surface area contributed by atoms with E-state index in [9.17, 15) is 13.6 Å². The molecule has 3 nitrogen and oxygen atoms in total. The van der Waals surface area contributed by atoms with Crippen LogP contribution in [0.1, 0.15) is 15.9 Å². The molecule has 2 aromatic rings. The van der Waals surface area contributed by atoms with Gasteiger partial charge >= 0.3 is 0 Å². The van der Waals surface area contributed by atoms with Crippen LogP contribution < -0.4 is 10.1 Å². The van der Waals surface area contributed by atoms with E-state index in [0.29, 0.717) is 11.3 Å². The molecule has 0 aliphatic rings. The van der Waals surface area contributed by atoms with Crippen LogP contribution in [-0.2, 0) is 6.42 Å². The van der Waals surface area contributed by atoms with Crippen molar-refractivity contribution in [1.82, 2.24) is 5.32 Å². The van der Waals surface area contributed by atoms with Crippen molar-refractivity contribution in [2.45, 2.75) is 11.3 Å². The first-order valence-corrected chi connectivity index (χ1v) is 8.22. The van der Waals surface area contributed by atoms with Crippen LogP contribution in [-0.4, -0.2) is 25.8 Å². The second-order valence-electron chi connectivity index (χ2n) is 4.79. The summed E-state index contributed by atoms with van der Waals surface area (Å²) in [5.41, 5.74) is 0.767. The Morgan fingerprint density at radius 2 is 2.00 bits per heavy atom. The molecule has 2 aromatic carbocycles. The molecule has 0 saturated heterocycles. The fourth-order valence-electron chi connectivity index (χ4n) is 2.17. The molecule has 122 valence electrons. The maximum absolute atomic E-state index is 13.8. The first-order chi connectivity index (χ1) is 11.1. The van der Waals surface area contributed by atoms with E-state index in [0.717, 1.165) is 5.56 Å². The van der Waals surface area contributed by atoms with Crippen molar-refractivity contribution in [3.63, 3.8) is 0 Å². The van der Waals surface area contributed by atoms with Gasteiger partial charge in [-0.15, -0.1) is 11.8 Å². The van der Waals surface area contributed by atoms with Crippen LogP contribution in [0.3, 0.4) is 0 Å². The van der Waals surface area contributed by atoms with Crippen LogP contribution in [0.4, 0.5) is 8.78 Å².